The molecule has 1 aromatic rings. The smallest absolute Gasteiger partial charge is 0.335 e. The molecule has 1 fully saturated rings. The van der Waals surface area contributed by atoms with Crippen molar-refractivity contribution in [3.05, 3.63) is 11.7 Å². The third-order valence-corrected chi connectivity index (χ3v) is 4.11. The van der Waals surface area contributed by atoms with E-state index in [0.29, 0.717) is 11.9 Å². The second kappa shape index (κ2) is 8.00. The predicted octanol–water partition coefficient (Wildman–Crippen LogP) is 2.09. The Morgan fingerprint density at radius 1 is 1.24 bits per heavy atom. The molecule has 21 heavy (non-hydrogen) atoms. The molecule has 1 atom stereocenters. The highest BCUT2D eigenvalue weighted by atomic mass is 16.5. The molecular formula is C15H28N5O+. The van der Waals surface area contributed by atoms with E-state index in [-0.39, 0.29) is 6.04 Å². The summed E-state index contributed by atoms with van der Waals surface area (Å²) in [5, 5.41) is 4.08. The Kier molecular flexibility index (Phi) is 6.02. The molecule has 1 aromatic heterocycles. The molecule has 1 aliphatic rings. The number of unbranched alkanes of at least 4 members (excludes halogenated alkanes) is 5. The van der Waals surface area contributed by atoms with Crippen LogP contribution in [0.1, 0.15) is 76.0 Å². The lowest BCUT2D eigenvalue weighted by Gasteiger charge is -2.06. The molecule has 4 N–H and O–H groups in total. The predicted molar refractivity (Wildman–Crippen MR) is 81.9 cm³/mol. The van der Waals surface area contributed by atoms with Gasteiger partial charge in [-0.15, -0.1) is 0 Å². The SMILES string of the molecule is CCCCCCCCc1noc([C@@H]2CCC[N+]2=C(N)N)n1. The minimum absolute atomic E-state index is 0.0563. The van der Waals surface area contributed by atoms with Crippen molar-refractivity contribution in [1.29, 1.82) is 0 Å². The molecule has 0 aliphatic carbocycles. The Morgan fingerprint density at radius 3 is 2.76 bits per heavy atom. The van der Waals surface area contributed by atoms with Crippen molar-refractivity contribution in [2.45, 2.75) is 70.8 Å². The molecule has 0 spiro atoms. The monoisotopic (exact) mass is 294 g/mol. The van der Waals surface area contributed by atoms with Gasteiger partial charge in [-0.05, 0) is 19.3 Å². The van der Waals surface area contributed by atoms with Crippen LogP contribution in [0.25, 0.3) is 0 Å². The summed E-state index contributed by atoms with van der Waals surface area (Å²) in [4.78, 5) is 4.51. The number of nitrogens with zero attached hydrogens (tertiary/aromatic N) is 3. The minimum atomic E-state index is 0.0563. The lowest BCUT2D eigenvalue weighted by atomic mass is 10.1. The standard InChI is InChI=1S/C15H27N5O/c1-2-3-4-5-6-7-10-13-18-14(21-19-13)12-9-8-11-20(12)15(16)17/h12H,2-11H2,1H3,(H3,16,17)/p+1/t12-/m0/s1. The highest BCUT2D eigenvalue weighted by molar-refractivity contribution is 5.70. The molecule has 0 unspecified atom stereocenters. The Hall–Kier alpha value is -1.59. The zero-order valence-electron chi connectivity index (χ0n) is 13.1. The van der Waals surface area contributed by atoms with Crippen LogP contribution in [-0.2, 0) is 6.42 Å². The van der Waals surface area contributed by atoms with Crippen molar-refractivity contribution in [2.24, 2.45) is 11.5 Å². The van der Waals surface area contributed by atoms with Crippen molar-refractivity contribution < 1.29 is 9.10 Å². The molecule has 0 saturated carbocycles. The highest BCUT2D eigenvalue weighted by Crippen LogP contribution is 2.27. The molecule has 118 valence electrons. The van der Waals surface area contributed by atoms with E-state index in [2.05, 4.69) is 17.1 Å². The van der Waals surface area contributed by atoms with Gasteiger partial charge in [-0.25, -0.2) is 0 Å². The molecule has 2 rings (SSSR count). The maximum Gasteiger partial charge on any atom is 0.341 e. The normalized spacial score (nSPS) is 18.3. The van der Waals surface area contributed by atoms with Gasteiger partial charge in [-0.1, -0.05) is 44.2 Å². The van der Waals surface area contributed by atoms with Gasteiger partial charge in [0.05, 0.1) is 6.54 Å². The lowest BCUT2D eigenvalue weighted by molar-refractivity contribution is -0.555. The average molecular weight is 294 g/mol. The molecule has 1 saturated heterocycles. The van der Waals surface area contributed by atoms with Gasteiger partial charge < -0.3 is 4.52 Å². The number of nitrogens with two attached hydrogens (primary N) is 2. The summed E-state index contributed by atoms with van der Waals surface area (Å²) in [5.41, 5.74) is 11.4. The van der Waals surface area contributed by atoms with Crippen LogP contribution in [0, 0.1) is 0 Å². The van der Waals surface area contributed by atoms with E-state index in [0.717, 1.165) is 38.1 Å². The second-order valence-corrected chi connectivity index (χ2v) is 5.84. The maximum absolute atomic E-state index is 5.70. The van der Waals surface area contributed by atoms with E-state index in [1.54, 1.807) is 0 Å². The fourth-order valence-electron chi connectivity index (χ4n) is 2.90. The van der Waals surface area contributed by atoms with Gasteiger partial charge in [0.25, 0.3) is 5.89 Å². The molecule has 1 aliphatic heterocycles. The van der Waals surface area contributed by atoms with Gasteiger partial charge in [0.1, 0.15) is 0 Å². The van der Waals surface area contributed by atoms with Crippen LogP contribution >= 0.6 is 0 Å². The summed E-state index contributed by atoms with van der Waals surface area (Å²) in [6.07, 6.45) is 10.5. The van der Waals surface area contributed by atoms with Crippen LogP contribution in [0.2, 0.25) is 0 Å². The molecule has 0 aromatic carbocycles. The van der Waals surface area contributed by atoms with Gasteiger partial charge in [0.15, 0.2) is 11.9 Å². The Bertz CT molecular complexity index is 464. The molecule has 0 radical (unpaired) electrons. The third-order valence-electron chi connectivity index (χ3n) is 4.11. The first-order chi connectivity index (χ1) is 10.2. The number of rotatable bonds is 8. The van der Waals surface area contributed by atoms with Gasteiger partial charge in [-0.2, -0.15) is 4.98 Å². The Labute approximate surface area is 126 Å². The molecule has 2 heterocycles. The van der Waals surface area contributed by atoms with Crippen LogP contribution in [0.15, 0.2) is 4.52 Å². The second-order valence-electron chi connectivity index (χ2n) is 5.84. The largest absolute Gasteiger partial charge is 0.341 e. The average Bonchev–Trinajstić information content (AvgIpc) is 3.10. The minimum Gasteiger partial charge on any atom is -0.335 e. The first-order valence-electron chi connectivity index (χ1n) is 8.19. The van der Waals surface area contributed by atoms with Crippen LogP contribution in [-0.4, -0.2) is 27.2 Å². The van der Waals surface area contributed by atoms with Gasteiger partial charge >= 0.3 is 5.96 Å². The fraction of sp³-hybridized carbons (Fsp3) is 0.800. The van der Waals surface area contributed by atoms with Crippen molar-refractivity contribution in [3.63, 3.8) is 0 Å². The number of hydrogen-bond donors (Lipinski definition) is 2. The summed E-state index contributed by atoms with van der Waals surface area (Å²) >= 11 is 0. The van der Waals surface area contributed by atoms with Gasteiger partial charge in [0, 0.05) is 6.42 Å². The number of aryl methyl sites for hydroxylation is 1. The summed E-state index contributed by atoms with van der Waals surface area (Å²) < 4.78 is 7.34. The van der Waals surface area contributed by atoms with E-state index in [9.17, 15) is 0 Å². The molecule has 0 bridgehead atoms. The molecule has 6 heteroatoms. The van der Waals surface area contributed by atoms with Crippen molar-refractivity contribution in [3.8, 4) is 0 Å². The lowest BCUT2D eigenvalue weighted by Crippen LogP contribution is -2.35. The topological polar surface area (TPSA) is 94.0 Å². The zero-order valence-corrected chi connectivity index (χ0v) is 13.1. The number of aromatic nitrogens is 2. The highest BCUT2D eigenvalue weighted by Gasteiger charge is 2.31. The summed E-state index contributed by atoms with van der Waals surface area (Å²) in [7, 11) is 0. The quantitative estimate of drug-likeness (QED) is 0.435. The van der Waals surface area contributed by atoms with E-state index < -0.39 is 0 Å². The van der Waals surface area contributed by atoms with E-state index >= 15 is 0 Å². The van der Waals surface area contributed by atoms with Crippen LogP contribution in [0.3, 0.4) is 0 Å². The van der Waals surface area contributed by atoms with E-state index in [1.807, 2.05) is 4.58 Å². The number of guanidine groups is 1. The van der Waals surface area contributed by atoms with Crippen LogP contribution in [0.4, 0.5) is 0 Å². The summed E-state index contributed by atoms with van der Waals surface area (Å²) in [6.45, 7) is 3.10. The Balaban J connectivity index is 1.80. The molecular weight excluding hydrogens is 266 g/mol. The Morgan fingerprint density at radius 2 is 2.00 bits per heavy atom. The summed E-state index contributed by atoms with van der Waals surface area (Å²) in [6, 6.07) is 0.0563. The fourth-order valence-corrected chi connectivity index (χ4v) is 2.90. The first-order valence-corrected chi connectivity index (χ1v) is 8.19. The van der Waals surface area contributed by atoms with E-state index in [4.69, 9.17) is 16.0 Å². The first kappa shape index (κ1) is 15.8. The van der Waals surface area contributed by atoms with Crippen LogP contribution in [0.5, 0.6) is 0 Å². The summed E-state index contributed by atoms with van der Waals surface area (Å²) in [5.74, 6) is 1.80. The third kappa shape index (κ3) is 4.44. The number of hydrogen-bond acceptors (Lipinski definition) is 3. The molecule has 0 amide bonds. The maximum atomic E-state index is 5.70. The van der Waals surface area contributed by atoms with Crippen molar-refractivity contribution in [1.82, 2.24) is 10.1 Å². The van der Waals surface area contributed by atoms with Crippen molar-refractivity contribution in [2.75, 3.05) is 6.54 Å². The van der Waals surface area contributed by atoms with Crippen molar-refractivity contribution >= 4 is 5.96 Å². The zero-order chi connectivity index (χ0) is 15.1. The van der Waals surface area contributed by atoms with E-state index in [1.165, 1.54) is 32.1 Å². The van der Waals surface area contributed by atoms with Gasteiger partial charge in [0.2, 0.25) is 0 Å². The van der Waals surface area contributed by atoms with Gasteiger partial charge in [-0.3, -0.25) is 16.0 Å². The molecule has 6 nitrogen and oxygen atoms in total. The van der Waals surface area contributed by atoms with Crippen LogP contribution < -0.4 is 11.5 Å².